The Labute approximate surface area is 253 Å². The van der Waals surface area contributed by atoms with Crippen molar-refractivity contribution in [3.8, 4) is 0 Å². The summed E-state index contributed by atoms with van der Waals surface area (Å²) in [5.74, 6) is -2.49. The van der Waals surface area contributed by atoms with E-state index < -0.39 is 41.8 Å². The van der Waals surface area contributed by atoms with Gasteiger partial charge in [-0.1, -0.05) is 55.5 Å². The summed E-state index contributed by atoms with van der Waals surface area (Å²) in [4.78, 5) is 71.5. The molecule has 3 heterocycles. The van der Waals surface area contributed by atoms with E-state index in [-0.39, 0.29) is 55.7 Å². The molecule has 2 unspecified atom stereocenters. The van der Waals surface area contributed by atoms with Crippen molar-refractivity contribution in [2.45, 2.75) is 64.2 Å². The average Bonchev–Trinajstić information content (AvgIpc) is 3.68. The number of aromatic nitrogens is 5. The molecule has 4 N–H and O–H groups in total. The smallest absolute Gasteiger partial charge is 0.305 e. The first-order chi connectivity index (χ1) is 21.2. The van der Waals surface area contributed by atoms with E-state index in [0.717, 1.165) is 5.56 Å². The fourth-order valence-corrected chi connectivity index (χ4v) is 4.85. The number of fused-ring (bicyclic) bond motifs is 1. The van der Waals surface area contributed by atoms with Gasteiger partial charge in [0.1, 0.15) is 23.9 Å². The number of tetrazole rings is 1. The number of hydrogen-bond donors (Lipinski definition) is 4. The van der Waals surface area contributed by atoms with Crippen LogP contribution in [0.5, 0.6) is 0 Å². The fraction of sp³-hybridized carbons (Fsp3) is 0.414. The highest BCUT2D eigenvalue weighted by molar-refractivity contribution is 6.06. The van der Waals surface area contributed by atoms with Crippen molar-refractivity contribution in [2.75, 3.05) is 12.0 Å². The maximum absolute atomic E-state index is 14.2. The Balaban J connectivity index is 1.55. The summed E-state index contributed by atoms with van der Waals surface area (Å²) >= 11 is 0. The maximum Gasteiger partial charge on any atom is 0.305 e. The summed E-state index contributed by atoms with van der Waals surface area (Å²) in [6.45, 7) is 3.50. The Morgan fingerprint density at radius 1 is 1.07 bits per heavy atom. The number of nitrogens with one attached hydrogen (secondary N) is 4. The van der Waals surface area contributed by atoms with Gasteiger partial charge in [0.05, 0.1) is 20.1 Å². The van der Waals surface area contributed by atoms with Crippen LogP contribution in [0, 0.1) is 5.92 Å². The topological polar surface area (TPSA) is 201 Å². The largest absolute Gasteiger partial charge is 0.469 e. The molecule has 0 aliphatic carbocycles. The van der Waals surface area contributed by atoms with Crippen LogP contribution < -0.4 is 20.9 Å². The zero-order valence-electron chi connectivity index (χ0n) is 24.6. The molecular formula is C29H35N9O6. The number of carbonyl (C=O) groups excluding carboxylic acids is 5. The van der Waals surface area contributed by atoms with E-state index in [1.807, 2.05) is 30.3 Å². The van der Waals surface area contributed by atoms with E-state index in [4.69, 9.17) is 4.74 Å². The first-order valence-electron chi connectivity index (χ1n) is 14.1. The number of benzene rings is 1. The number of hydrogen-bond acceptors (Lipinski definition) is 10. The lowest BCUT2D eigenvalue weighted by atomic mass is 10.0. The predicted octanol–water partition coefficient (Wildman–Crippen LogP) is -0.00970. The zero-order valence-corrected chi connectivity index (χ0v) is 24.6. The van der Waals surface area contributed by atoms with Crippen LogP contribution in [0.25, 0.3) is 0 Å². The first kappa shape index (κ1) is 31.7. The van der Waals surface area contributed by atoms with Gasteiger partial charge in [-0.15, -0.1) is 10.2 Å². The maximum atomic E-state index is 14.2. The second-order valence-corrected chi connectivity index (χ2v) is 10.6. The minimum atomic E-state index is -1.24. The van der Waals surface area contributed by atoms with E-state index >= 15 is 0 Å². The number of esters is 1. The van der Waals surface area contributed by atoms with Crippen molar-refractivity contribution in [3.63, 3.8) is 0 Å². The zero-order chi connectivity index (χ0) is 31.6. The minimum absolute atomic E-state index is 0.0289. The van der Waals surface area contributed by atoms with Crippen molar-refractivity contribution in [3.05, 3.63) is 65.6 Å². The third-order valence-electron chi connectivity index (χ3n) is 7.12. The number of methoxy groups -OCH3 is 1. The van der Waals surface area contributed by atoms with Crippen LogP contribution in [0.15, 0.2) is 48.7 Å². The van der Waals surface area contributed by atoms with E-state index in [1.54, 1.807) is 26.0 Å². The Morgan fingerprint density at radius 2 is 1.84 bits per heavy atom. The van der Waals surface area contributed by atoms with Crippen LogP contribution in [-0.2, 0) is 48.1 Å². The number of ether oxygens (including phenoxy) is 1. The Kier molecular flexibility index (Phi) is 10.7. The minimum Gasteiger partial charge on any atom is -0.469 e. The summed E-state index contributed by atoms with van der Waals surface area (Å²) in [6.07, 6.45) is 1.44. The third-order valence-corrected chi connectivity index (χ3v) is 7.12. The second-order valence-electron chi connectivity index (χ2n) is 10.6. The Bertz CT molecular complexity index is 1460. The average molecular weight is 606 g/mol. The molecule has 1 aliphatic heterocycles. The number of H-pyrrole nitrogens is 1. The molecule has 15 nitrogen and oxygen atoms in total. The van der Waals surface area contributed by atoms with Gasteiger partial charge in [-0.2, -0.15) is 5.21 Å². The van der Waals surface area contributed by atoms with Crippen LogP contribution in [0.1, 0.15) is 43.6 Å². The molecule has 0 saturated heterocycles. The molecule has 232 valence electrons. The number of rotatable bonds is 13. The van der Waals surface area contributed by atoms with Crippen molar-refractivity contribution >= 4 is 35.4 Å². The van der Waals surface area contributed by atoms with E-state index in [9.17, 15) is 24.0 Å². The highest BCUT2D eigenvalue weighted by atomic mass is 16.5. The molecule has 4 amide bonds. The molecule has 0 saturated carbocycles. The molecule has 4 rings (SSSR count). The van der Waals surface area contributed by atoms with E-state index in [0.29, 0.717) is 5.56 Å². The Hall–Kier alpha value is -5.21. The first-order valence-corrected chi connectivity index (χ1v) is 14.1. The predicted molar refractivity (Wildman–Crippen MR) is 155 cm³/mol. The quantitative estimate of drug-likeness (QED) is 0.192. The number of nitrogens with zero attached hydrogens (tertiary/aromatic N) is 5. The second kappa shape index (κ2) is 14.8. The summed E-state index contributed by atoms with van der Waals surface area (Å²) in [5, 5.41) is 21.6. The lowest BCUT2D eigenvalue weighted by Gasteiger charge is -2.30. The molecule has 0 bridgehead atoms. The Morgan fingerprint density at radius 3 is 2.52 bits per heavy atom. The molecule has 15 heteroatoms. The van der Waals surface area contributed by atoms with Gasteiger partial charge < -0.3 is 20.7 Å². The summed E-state index contributed by atoms with van der Waals surface area (Å²) in [5.41, 5.74) is 1.44. The lowest BCUT2D eigenvalue weighted by Crippen LogP contribution is -2.58. The molecule has 3 aromatic rings. The third kappa shape index (κ3) is 7.99. The highest BCUT2D eigenvalue weighted by Gasteiger charge is 2.42. The van der Waals surface area contributed by atoms with Gasteiger partial charge in [-0.25, -0.2) is 4.98 Å². The molecule has 0 fully saturated rings. The van der Waals surface area contributed by atoms with Crippen LogP contribution >= 0.6 is 0 Å². The van der Waals surface area contributed by atoms with E-state index in [1.165, 1.54) is 18.2 Å². The van der Waals surface area contributed by atoms with Gasteiger partial charge in [0.15, 0.2) is 5.82 Å². The molecule has 1 aliphatic rings. The number of aromatic amines is 1. The summed E-state index contributed by atoms with van der Waals surface area (Å²) < 4.78 is 4.76. The normalized spacial score (nSPS) is 15.2. The highest BCUT2D eigenvalue weighted by Crippen LogP contribution is 2.31. The van der Waals surface area contributed by atoms with Crippen LogP contribution in [0.4, 0.5) is 5.82 Å². The van der Waals surface area contributed by atoms with Crippen molar-refractivity contribution in [1.29, 1.82) is 0 Å². The summed E-state index contributed by atoms with van der Waals surface area (Å²) in [7, 11) is 1.22. The number of amides is 4. The van der Waals surface area contributed by atoms with Gasteiger partial charge >= 0.3 is 5.97 Å². The number of anilines is 1. The molecule has 3 atom stereocenters. The standard InChI is InChI=1S/C29H35N9O6/c1-17(2)25(33-23(39)14-18-8-5-4-6-9-18)28(42)32-20(11-12-24(40)44-3)29(43)38-21(15-19-10-7-13-30-26(19)38)27(41)31-16-22-34-36-37-35-22/h4-10,13,17,20-21,25H,11-12,14-16H2,1-3H3,(H,31,41)(H,32,42)(H,33,39)(H,34,35,36,37)/t20?,21-,25?/m0/s1. The molecule has 2 aromatic heterocycles. The number of carbonyl (C=O) groups is 5. The van der Waals surface area contributed by atoms with Gasteiger partial charge in [-0.3, -0.25) is 28.9 Å². The summed E-state index contributed by atoms with van der Waals surface area (Å²) in [6, 6.07) is 9.33. The van der Waals surface area contributed by atoms with Gasteiger partial charge in [0, 0.05) is 19.0 Å². The molecule has 0 spiro atoms. The van der Waals surface area contributed by atoms with E-state index in [2.05, 4.69) is 41.6 Å². The molecule has 0 radical (unpaired) electrons. The molecular weight excluding hydrogens is 570 g/mol. The lowest BCUT2D eigenvalue weighted by molar-refractivity contribution is -0.141. The van der Waals surface area contributed by atoms with Gasteiger partial charge in [0.25, 0.3) is 5.91 Å². The van der Waals surface area contributed by atoms with Crippen LogP contribution in [0.2, 0.25) is 0 Å². The molecule has 44 heavy (non-hydrogen) atoms. The SMILES string of the molecule is COC(=O)CCC(NC(=O)C(NC(=O)Cc1ccccc1)C(C)C)C(=O)N1c2ncccc2C[C@H]1C(=O)NCc1nn[nH]n1. The van der Waals surface area contributed by atoms with Crippen molar-refractivity contribution < 1.29 is 28.7 Å². The van der Waals surface area contributed by atoms with Crippen LogP contribution in [0.3, 0.4) is 0 Å². The number of pyridine rings is 1. The van der Waals surface area contributed by atoms with Gasteiger partial charge in [0.2, 0.25) is 17.7 Å². The van der Waals surface area contributed by atoms with Crippen LogP contribution in [-0.4, -0.2) is 80.4 Å². The van der Waals surface area contributed by atoms with Crippen molar-refractivity contribution in [1.82, 2.24) is 41.6 Å². The monoisotopic (exact) mass is 605 g/mol. The molecule has 1 aromatic carbocycles. The fourth-order valence-electron chi connectivity index (χ4n) is 4.85. The van der Waals surface area contributed by atoms with Crippen molar-refractivity contribution in [2.24, 2.45) is 5.92 Å². The van der Waals surface area contributed by atoms with Gasteiger partial charge in [-0.05, 0) is 29.5 Å².